The number of nitrogens with zero attached hydrogens (tertiary/aromatic N) is 1. The summed E-state index contributed by atoms with van der Waals surface area (Å²) in [5.74, 6) is -1.88. The first-order valence-electron chi connectivity index (χ1n) is 10.3. The lowest BCUT2D eigenvalue weighted by molar-refractivity contribution is -0.141. The van der Waals surface area contributed by atoms with Gasteiger partial charge in [-0.15, -0.1) is 0 Å². The van der Waals surface area contributed by atoms with Crippen LogP contribution >= 0.6 is 11.6 Å². The summed E-state index contributed by atoms with van der Waals surface area (Å²) >= 11 is 5.98. The van der Waals surface area contributed by atoms with Gasteiger partial charge < -0.3 is 14.8 Å². The summed E-state index contributed by atoms with van der Waals surface area (Å²) < 4.78 is 19.5. The molecule has 1 unspecified atom stereocenters. The van der Waals surface area contributed by atoms with Crippen LogP contribution < -0.4 is 5.32 Å². The number of carboxylic acids is 1. The molecule has 0 saturated heterocycles. The lowest BCUT2D eigenvalue weighted by Crippen LogP contribution is -2.38. The van der Waals surface area contributed by atoms with Gasteiger partial charge in [-0.3, -0.25) is 9.59 Å². The molecule has 3 rings (SSSR count). The molecule has 0 fully saturated rings. The molecular weight excluding hydrogens is 435 g/mol. The lowest BCUT2D eigenvalue weighted by Gasteiger charge is -2.20. The minimum Gasteiger partial charge on any atom is -0.481 e. The second-order valence-corrected chi connectivity index (χ2v) is 8.08. The zero-order valence-corrected chi connectivity index (χ0v) is 18.5. The van der Waals surface area contributed by atoms with Gasteiger partial charge in [0.1, 0.15) is 5.82 Å². The molecule has 3 aromatic rings. The van der Waals surface area contributed by atoms with Crippen molar-refractivity contribution in [2.75, 3.05) is 0 Å². The molecule has 0 aliphatic rings. The molecular formula is C24H24ClFN2O4. The molecule has 6 nitrogen and oxygen atoms in total. The Balaban J connectivity index is 1.77. The Morgan fingerprint density at radius 3 is 2.56 bits per heavy atom. The van der Waals surface area contributed by atoms with E-state index in [0.717, 1.165) is 5.56 Å². The normalized spacial score (nSPS) is 12.9. The van der Waals surface area contributed by atoms with E-state index in [4.69, 9.17) is 16.0 Å². The van der Waals surface area contributed by atoms with Gasteiger partial charge in [0.15, 0.2) is 5.89 Å². The zero-order valence-electron chi connectivity index (χ0n) is 17.8. The van der Waals surface area contributed by atoms with Gasteiger partial charge in [-0.1, -0.05) is 49.7 Å². The van der Waals surface area contributed by atoms with Crippen molar-refractivity contribution in [2.24, 2.45) is 5.92 Å². The van der Waals surface area contributed by atoms with E-state index in [2.05, 4.69) is 10.3 Å². The summed E-state index contributed by atoms with van der Waals surface area (Å²) in [6.45, 7) is 3.46. The molecule has 0 aliphatic heterocycles. The van der Waals surface area contributed by atoms with Gasteiger partial charge in [-0.25, -0.2) is 9.37 Å². The molecule has 1 aromatic heterocycles. The van der Waals surface area contributed by atoms with Gasteiger partial charge >= 0.3 is 5.97 Å². The van der Waals surface area contributed by atoms with Crippen LogP contribution in [-0.2, 0) is 17.6 Å². The molecule has 8 heteroatoms. The van der Waals surface area contributed by atoms with E-state index in [9.17, 15) is 19.1 Å². The highest BCUT2D eigenvalue weighted by atomic mass is 35.5. The van der Waals surface area contributed by atoms with Crippen molar-refractivity contribution in [3.8, 4) is 11.1 Å². The number of nitrogens with one attached hydrogen (secondary N) is 1. The minimum absolute atomic E-state index is 0.0848. The van der Waals surface area contributed by atoms with E-state index in [1.54, 1.807) is 25.1 Å². The first kappa shape index (κ1) is 23.5. The highest BCUT2D eigenvalue weighted by molar-refractivity contribution is 6.30. The average molecular weight is 459 g/mol. The number of carbonyl (C=O) groups excluding carboxylic acids is 1. The van der Waals surface area contributed by atoms with Gasteiger partial charge in [-0.05, 0) is 42.2 Å². The predicted molar refractivity (Wildman–Crippen MR) is 119 cm³/mol. The number of hydrogen-bond donors (Lipinski definition) is 2. The maximum atomic E-state index is 14.1. The molecule has 168 valence electrons. The summed E-state index contributed by atoms with van der Waals surface area (Å²) in [6.07, 6.45) is 2.56. The van der Waals surface area contributed by atoms with E-state index in [1.165, 1.54) is 18.3 Å². The molecule has 2 N–H and O–H groups in total. The number of carboxylic acid groups (broad SMARTS) is 1. The smallest absolute Gasteiger partial charge is 0.306 e. The maximum absolute atomic E-state index is 14.1. The third kappa shape index (κ3) is 5.95. The molecule has 1 heterocycles. The number of aliphatic carboxylic acids is 1. The average Bonchev–Trinajstić information content (AvgIpc) is 3.25. The van der Waals surface area contributed by atoms with E-state index in [-0.39, 0.29) is 18.0 Å². The summed E-state index contributed by atoms with van der Waals surface area (Å²) in [7, 11) is 0. The molecule has 2 atom stereocenters. The first-order valence-corrected chi connectivity index (χ1v) is 10.7. The first-order chi connectivity index (χ1) is 15.3. The van der Waals surface area contributed by atoms with E-state index in [1.807, 2.05) is 19.1 Å². The third-order valence-electron chi connectivity index (χ3n) is 5.15. The molecule has 2 aromatic carbocycles. The number of aromatic nitrogens is 1. The van der Waals surface area contributed by atoms with Crippen LogP contribution in [0.2, 0.25) is 5.02 Å². The van der Waals surface area contributed by atoms with E-state index in [0.29, 0.717) is 34.9 Å². The Morgan fingerprint density at radius 1 is 1.22 bits per heavy atom. The van der Waals surface area contributed by atoms with Crippen LogP contribution in [0.15, 0.2) is 53.1 Å². The summed E-state index contributed by atoms with van der Waals surface area (Å²) in [5, 5.41) is 12.6. The fraction of sp³-hybridized carbons (Fsp3) is 0.292. The lowest BCUT2D eigenvalue weighted by atomic mass is 9.94. The molecule has 0 aliphatic carbocycles. The number of rotatable bonds is 9. The van der Waals surface area contributed by atoms with Crippen LogP contribution in [0.3, 0.4) is 0 Å². The van der Waals surface area contributed by atoms with Crippen molar-refractivity contribution >= 4 is 23.5 Å². The molecule has 32 heavy (non-hydrogen) atoms. The Bertz CT molecular complexity index is 1100. The molecule has 0 spiro atoms. The van der Waals surface area contributed by atoms with Gasteiger partial charge in [0.05, 0.1) is 12.1 Å². The van der Waals surface area contributed by atoms with Gasteiger partial charge in [0.25, 0.3) is 5.91 Å². The number of amides is 1. The number of oxazole rings is 1. The number of benzene rings is 2. The molecule has 0 saturated carbocycles. The second-order valence-electron chi connectivity index (χ2n) is 7.64. The highest BCUT2D eigenvalue weighted by Crippen LogP contribution is 2.26. The van der Waals surface area contributed by atoms with Crippen LogP contribution in [0, 0.1) is 11.7 Å². The monoisotopic (exact) mass is 458 g/mol. The predicted octanol–water partition coefficient (Wildman–Crippen LogP) is 5.15. The minimum atomic E-state index is -0.941. The van der Waals surface area contributed by atoms with Crippen molar-refractivity contribution < 1.29 is 23.5 Å². The van der Waals surface area contributed by atoms with E-state index < -0.39 is 23.8 Å². The quantitative estimate of drug-likeness (QED) is 0.462. The fourth-order valence-corrected chi connectivity index (χ4v) is 3.55. The highest BCUT2D eigenvalue weighted by Gasteiger charge is 2.22. The van der Waals surface area contributed by atoms with Crippen LogP contribution in [0.1, 0.15) is 42.3 Å². The van der Waals surface area contributed by atoms with Crippen molar-refractivity contribution in [1.29, 1.82) is 0 Å². The molecule has 0 radical (unpaired) electrons. The summed E-state index contributed by atoms with van der Waals surface area (Å²) in [5.41, 5.74) is 1.93. The topological polar surface area (TPSA) is 92.4 Å². The van der Waals surface area contributed by atoms with Crippen LogP contribution in [0.25, 0.3) is 11.1 Å². The standard InChI is InChI=1S/C24H24ClFN2O4/c1-3-22-27-13-21(32-22)23(29)28-18(10-14(2)24(30)31)11-15-4-6-16(7-5-15)19-12-17(25)8-9-20(19)26/h4-9,12-14,18H,3,10-11H2,1-2H3,(H,28,29)(H,30,31)/t14-,18?/m1/s1. The third-order valence-corrected chi connectivity index (χ3v) is 5.39. The van der Waals surface area contributed by atoms with Crippen molar-refractivity contribution in [3.05, 3.63) is 76.7 Å². The van der Waals surface area contributed by atoms with Crippen LogP contribution in [0.4, 0.5) is 4.39 Å². The van der Waals surface area contributed by atoms with Gasteiger partial charge in [0, 0.05) is 23.0 Å². The fourth-order valence-electron chi connectivity index (χ4n) is 3.38. The summed E-state index contributed by atoms with van der Waals surface area (Å²) in [4.78, 5) is 28.0. The largest absolute Gasteiger partial charge is 0.481 e. The molecule has 1 amide bonds. The number of carbonyl (C=O) groups is 2. The SMILES string of the molecule is CCc1ncc(C(=O)NC(Cc2ccc(-c3cc(Cl)ccc3F)cc2)C[C@@H](C)C(=O)O)o1. The number of halogens is 2. The van der Waals surface area contributed by atoms with E-state index >= 15 is 0 Å². The second kappa shape index (κ2) is 10.4. The van der Waals surface area contributed by atoms with Crippen LogP contribution in [0.5, 0.6) is 0 Å². The Hall–Kier alpha value is -3.19. The van der Waals surface area contributed by atoms with Crippen molar-refractivity contribution in [2.45, 2.75) is 39.2 Å². The van der Waals surface area contributed by atoms with Crippen molar-refractivity contribution in [1.82, 2.24) is 10.3 Å². The Kier molecular flexibility index (Phi) is 7.64. The van der Waals surface area contributed by atoms with Crippen LogP contribution in [-0.4, -0.2) is 28.0 Å². The van der Waals surface area contributed by atoms with Crippen molar-refractivity contribution in [3.63, 3.8) is 0 Å². The number of aryl methyl sites for hydroxylation is 1. The van der Waals surface area contributed by atoms with Gasteiger partial charge in [-0.2, -0.15) is 0 Å². The maximum Gasteiger partial charge on any atom is 0.306 e. The molecule has 0 bridgehead atoms. The Morgan fingerprint density at radius 2 is 1.94 bits per heavy atom. The number of hydrogen-bond acceptors (Lipinski definition) is 4. The summed E-state index contributed by atoms with van der Waals surface area (Å²) in [6, 6.07) is 11.1. The zero-order chi connectivity index (χ0) is 23.3. The Labute approximate surface area is 190 Å². The van der Waals surface area contributed by atoms with Gasteiger partial charge in [0.2, 0.25) is 5.76 Å².